The third kappa shape index (κ3) is 4.74. The monoisotopic (exact) mass is 495 g/mol. The second-order valence-corrected chi connectivity index (χ2v) is 12.2. The van der Waals surface area contributed by atoms with Crippen LogP contribution in [0.1, 0.15) is 41.8 Å². The number of nitrogens with zero attached hydrogens (tertiary/aromatic N) is 3. The molecule has 34 heavy (non-hydrogen) atoms. The van der Waals surface area contributed by atoms with Crippen molar-refractivity contribution in [3.05, 3.63) is 57.9 Å². The Balaban J connectivity index is 1.66. The van der Waals surface area contributed by atoms with Crippen molar-refractivity contribution in [1.82, 2.24) is 8.87 Å². The number of thiazole rings is 1. The van der Waals surface area contributed by atoms with E-state index in [0.29, 0.717) is 41.8 Å². The van der Waals surface area contributed by atoms with Crippen LogP contribution in [0.3, 0.4) is 0 Å². The Morgan fingerprint density at radius 2 is 1.79 bits per heavy atom. The normalized spacial score (nSPS) is 19.9. The van der Waals surface area contributed by atoms with Crippen molar-refractivity contribution in [2.75, 3.05) is 13.1 Å². The number of aromatic nitrogens is 1. The van der Waals surface area contributed by atoms with Crippen LogP contribution in [0.2, 0.25) is 0 Å². The molecule has 0 aliphatic carbocycles. The minimum atomic E-state index is -3.60. The summed E-state index contributed by atoms with van der Waals surface area (Å²) in [6.07, 6.45) is 6.61. The summed E-state index contributed by atoms with van der Waals surface area (Å²) in [6, 6.07) is 10.2. The van der Waals surface area contributed by atoms with E-state index in [9.17, 15) is 13.2 Å². The van der Waals surface area contributed by atoms with E-state index in [0.717, 1.165) is 27.8 Å². The van der Waals surface area contributed by atoms with Gasteiger partial charge in [0.2, 0.25) is 10.0 Å². The molecule has 1 aliphatic heterocycles. The van der Waals surface area contributed by atoms with Gasteiger partial charge in [0.25, 0.3) is 5.91 Å². The zero-order valence-corrected chi connectivity index (χ0v) is 21.5. The molecule has 1 aromatic heterocycles. The summed E-state index contributed by atoms with van der Waals surface area (Å²) >= 11 is 1.43. The van der Waals surface area contributed by atoms with Crippen molar-refractivity contribution in [3.8, 4) is 12.3 Å². The van der Waals surface area contributed by atoms with Gasteiger partial charge in [0.05, 0.1) is 21.7 Å². The summed E-state index contributed by atoms with van der Waals surface area (Å²) in [4.78, 5) is 18.0. The van der Waals surface area contributed by atoms with Crippen LogP contribution in [0.15, 0.2) is 46.3 Å². The fourth-order valence-electron chi connectivity index (χ4n) is 4.71. The summed E-state index contributed by atoms with van der Waals surface area (Å²) in [7, 11) is -3.60. The van der Waals surface area contributed by atoms with Crippen LogP contribution in [-0.2, 0) is 16.6 Å². The lowest BCUT2D eigenvalue weighted by atomic mass is 9.94. The molecule has 0 spiro atoms. The predicted molar refractivity (Wildman–Crippen MR) is 136 cm³/mol. The Hall–Kier alpha value is -2.73. The van der Waals surface area contributed by atoms with Crippen LogP contribution in [0.4, 0.5) is 0 Å². The molecule has 1 aliphatic rings. The summed E-state index contributed by atoms with van der Waals surface area (Å²) < 4.78 is 30.7. The van der Waals surface area contributed by atoms with Crippen LogP contribution in [-0.4, -0.2) is 36.3 Å². The zero-order chi connectivity index (χ0) is 24.6. The number of carbonyl (C=O) groups is 1. The number of aryl methyl sites for hydroxylation is 2. The maximum atomic E-state index is 13.1. The van der Waals surface area contributed by atoms with Gasteiger partial charge in [-0.15, -0.1) is 6.42 Å². The van der Waals surface area contributed by atoms with Gasteiger partial charge in [-0.25, -0.2) is 8.42 Å². The van der Waals surface area contributed by atoms with Crippen molar-refractivity contribution < 1.29 is 13.2 Å². The average molecular weight is 496 g/mol. The number of rotatable bonds is 4. The molecule has 0 N–H and O–H groups in total. The topological polar surface area (TPSA) is 71.7 Å². The largest absolute Gasteiger partial charge is 0.305 e. The maximum absolute atomic E-state index is 13.1. The van der Waals surface area contributed by atoms with Gasteiger partial charge in [-0.05, 0) is 73.6 Å². The molecule has 4 rings (SSSR count). The summed E-state index contributed by atoms with van der Waals surface area (Å²) in [5, 5.41) is 0. The summed E-state index contributed by atoms with van der Waals surface area (Å²) in [6.45, 7) is 9.54. The zero-order valence-electron chi connectivity index (χ0n) is 19.9. The second-order valence-electron chi connectivity index (χ2n) is 9.31. The average Bonchev–Trinajstić information content (AvgIpc) is 3.11. The van der Waals surface area contributed by atoms with Crippen LogP contribution in [0.5, 0.6) is 0 Å². The van der Waals surface area contributed by atoms with E-state index in [1.54, 1.807) is 4.31 Å². The molecule has 3 aromatic rings. The molecule has 2 atom stereocenters. The molecule has 6 nitrogen and oxygen atoms in total. The van der Waals surface area contributed by atoms with Gasteiger partial charge in [0.15, 0.2) is 4.80 Å². The van der Waals surface area contributed by atoms with Crippen molar-refractivity contribution in [2.24, 2.45) is 16.8 Å². The lowest BCUT2D eigenvalue weighted by Crippen LogP contribution is -2.42. The highest BCUT2D eigenvalue weighted by molar-refractivity contribution is 7.89. The highest BCUT2D eigenvalue weighted by Gasteiger charge is 2.31. The highest BCUT2D eigenvalue weighted by Crippen LogP contribution is 2.27. The van der Waals surface area contributed by atoms with Crippen molar-refractivity contribution >= 4 is 37.5 Å². The fraction of sp³-hybridized carbons (Fsp3) is 0.385. The standard InChI is InChI=1S/C26H29N3O3S2/c1-6-11-29-23-14-17(2)13-20(5)24(23)33-26(29)27-25(30)21-7-9-22(10-8-21)34(31,32)28-15-18(3)12-19(4)16-28/h1,7-10,13-14,18-19H,11-12,15-16H2,2-5H3. The lowest BCUT2D eigenvalue weighted by Gasteiger charge is -2.34. The van der Waals surface area contributed by atoms with Gasteiger partial charge in [-0.2, -0.15) is 9.30 Å². The van der Waals surface area contributed by atoms with Gasteiger partial charge in [-0.1, -0.05) is 37.2 Å². The van der Waals surface area contributed by atoms with E-state index >= 15 is 0 Å². The molecular weight excluding hydrogens is 466 g/mol. The van der Waals surface area contributed by atoms with Crippen molar-refractivity contribution in [1.29, 1.82) is 0 Å². The number of amides is 1. The number of hydrogen-bond acceptors (Lipinski definition) is 4. The number of hydrogen-bond donors (Lipinski definition) is 0. The van der Waals surface area contributed by atoms with Gasteiger partial charge in [0, 0.05) is 18.7 Å². The molecule has 1 saturated heterocycles. The van der Waals surface area contributed by atoms with Gasteiger partial charge in [-0.3, -0.25) is 4.79 Å². The van der Waals surface area contributed by atoms with E-state index in [1.165, 1.54) is 35.6 Å². The number of piperidine rings is 1. The van der Waals surface area contributed by atoms with Crippen LogP contribution >= 0.6 is 11.3 Å². The smallest absolute Gasteiger partial charge is 0.279 e. The lowest BCUT2D eigenvalue weighted by molar-refractivity contribution is 0.0998. The van der Waals surface area contributed by atoms with Gasteiger partial charge >= 0.3 is 0 Å². The van der Waals surface area contributed by atoms with Crippen LogP contribution < -0.4 is 4.80 Å². The fourth-order valence-corrected chi connectivity index (χ4v) is 7.47. The summed E-state index contributed by atoms with van der Waals surface area (Å²) in [5.74, 6) is 2.85. The first-order chi connectivity index (χ1) is 16.1. The van der Waals surface area contributed by atoms with E-state index < -0.39 is 15.9 Å². The molecule has 8 heteroatoms. The number of sulfonamides is 1. The SMILES string of the molecule is C#CCn1c(=NC(=O)c2ccc(S(=O)(=O)N3CC(C)CC(C)C3)cc2)sc2c(C)cc(C)cc21. The first-order valence-electron chi connectivity index (χ1n) is 11.3. The Kier molecular flexibility index (Phi) is 6.81. The Labute approximate surface area is 205 Å². The number of fused-ring (bicyclic) bond motifs is 1. The van der Waals surface area contributed by atoms with Crippen LogP contribution in [0.25, 0.3) is 10.2 Å². The van der Waals surface area contributed by atoms with Gasteiger partial charge < -0.3 is 4.57 Å². The Bertz CT molecular complexity index is 1450. The number of benzene rings is 2. The molecule has 0 radical (unpaired) electrons. The van der Waals surface area contributed by atoms with E-state index in [2.05, 4.69) is 30.8 Å². The molecular formula is C26H29N3O3S2. The molecule has 2 unspecified atom stereocenters. The minimum absolute atomic E-state index is 0.195. The van der Waals surface area contributed by atoms with E-state index in [4.69, 9.17) is 6.42 Å². The number of terminal acetylenes is 1. The molecule has 2 heterocycles. The predicted octanol–water partition coefficient (Wildman–Crippen LogP) is 4.36. The van der Waals surface area contributed by atoms with Crippen molar-refractivity contribution in [2.45, 2.75) is 45.6 Å². The molecule has 2 aromatic carbocycles. The quantitative estimate of drug-likeness (QED) is 0.505. The van der Waals surface area contributed by atoms with Gasteiger partial charge in [0.1, 0.15) is 0 Å². The molecule has 0 saturated carbocycles. The van der Waals surface area contributed by atoms with Crippen molar-refractivity contribution in [3.63, 3.8) is 0 Å². The Morgan fingerprint density at radius 3 is 2.41 bits per heavy atom. The molecule has 178 valence electrons. The van der Waals surface area contributed by atoms with E-state index in [1.807, 2.05) is 24.5 Å². The minimum Gasteiger partial charge on any atom is -0.305 e. The Morgan fingerprint density at radius 1 is 1.15 bits per heavy atom. The first-order valence-corrected chi connectivity index (χ1v) is 13.6. The maximum Gasteiger partial charge on any atom is 0.279 e. The molecule has 1 amide bonds. The second kappa shape index (κ2) is 9.49. The third-order valence-electron chi connectivity index (χ3n) is 6.14. The van der Waals surface area contributed by atoms with E-state index in [-0.39, 0.29) is 4.90 Å². The third-order valence-corrected chi connectivity index (χ3v) is 9.21. The van der Waals surface area contributed by atoms with Crippen LogP contribution in [0, 0.1) is 38.0 Å². The summed E-state index contributed by atoms with van der Waals surface area (Å²) in [5.41, 5.74) is 3.51. The molecule has 0 bridgehead atoms. The number of carbonyl (C=O) groups excluding carboxylic acids is 1. The first kappa shape index (κ1) is 24.4. The molecule has 1 fully saturated rings. The highest BCUT2D eigenvalue weighted by atomic mass is 32.2.